The van der Waals surface area contributed by atoms with Gasteiger partial charge in [0.05, 0.1) is 11.8 Å². The molecule has 182 valence electrons. The second-order valence-electron chi connectivity index (χ2n) is 8.42. The van der Waals surface area contributed by atoms with Gasteiger partial charge in [-0.15, -0.1) is 0 Å². The summed E-state index contributed by atoms with van der Waals surface area (Å²) in [6.45, 7) is 10.8. The molecule has 0 fully saturated rings. The first-order chi connectivity index (χ1) is 15.9. The van der Waals surface area contributed by atoms with E-state index in [1.54, 1.807) is 18.2 Å². The van der Waals surface area contributed by atoms with Crippen molar-refractivity contribution in [3.05, 3.63) is 60.2 Å². The smallest absolute Gasteiger partial charge is 0.150 e. The summed E-state index contributed by atoms with van der Waals surface area (Å²) in [4.78, 5) is 0. The van der Waals surface area contributed by atoms with Crippen LogP contribution >= 0.6 is 0 Å². The van der Waals surface area contributed by atoms with Gasteiger partial charge in [-0.25, -0.2) is 0 Å². The molecule has 0 aliphatic heterocycles. The number of benzene rings is 3. The van der Waals surface area contributed by atoms with Gasteiger partial charge in [-0.05, 0) is 43.5 Å². The number of hydrogen-bond donors (Lipinski definition) is 3. The number of phenolic OH excluding ortho intramolecular Hbond substituents is 1. The van der Waals surface area contributed by atoms with Crippen molar-refractivity contribution in [2.75, 3.05) is 11.5 Å². The second-order valence-corrected chi connectivity index (χ2v) is 8.42. The van der Waals surface area contributed by atoms with E-state index >= 15 is 0 Å². The van der Waals surface area contributed by atoms with E-state index in [-0.39, 0.29) is 6.10 Å². The Morgan fingerprint density at radius 1 is 0.788 bits per heavy atom. The summed E-state index contributed by atoms with van der Waals surface area (Å²) in [6, 6.07) is 17.1. The number of nitrogen functional groups attached to an aromatic ring is 2. The maximum atomic E-state index is 8.92. The number of hydrogen-bond acceptors (Lipinski definition) is 4. The summed E-state index contributed by atoms with van der Waals surface area (Å²) in [7, 11) is 0. The Morgan fingerprint density at radius 2 is 1.39 bits per heavy atom. The lowest BCUT2D eigenvalue weighted by Crippen LogP contribution is -2.12. The topological polar surface area (TPSA) is 81.5 Å². The van der Waals surface area contributed by atoms with Gasteiger partial charge in [-0.2, -0.15) is 0 Å². The lowest BCUT2D eigenvalue weighted by molar-refractivity contribution is 0.214. The number of aryl methyl sites for hydroxylation is 1. The van der Waals surface area contributed by atoms with E-state index in [2.05, 4.69) is 34.6 Å². The van der Waals surface area contributed by atoms with E-state index < -0.39 is 0 Å². The molecule has 0 aliphatic carbocycles. The molecule has 1 atom stereocenters. The standard InChI is InChI=1S/C15H20N2O.C9H12O.C5H12/c1-3-6-10(2)18-15-12-8-5-4-7-11(12)13(16)9-14(15)17;1-2-3-8-4-6-9(10)7-5-8;1-3-5-4-2/h4-5,7-10H,3,6,16-17H2,1-2H3;4-7,10H,2-3H2,1H3;3-5H2,1-2H3. The fraction of sp³-hybridized carbons (Fsp3) is 0.448. The number of unbranched alkanes of at least 4 members (excludes halogenated alkanes) is 2. The van der Waals surface area contributed by atoms with Crippen LogP contribution in [0.2, 0.25) is 0 Å². The van der Waals surface area contributed by atoms with Crippen molar-refractivity contribution in [3.63, 3.8) is 0 Å². The number of anilines is 2. The molecule has 1 unspecified atom stereocenters. The van der Waals surface area contributed by atoms with E-state index in [0.717, 1.165) is 42.2 Å². The van der Waals surface area contributed by atoms with Crippen LogP contribution in [0.3, 0.4) is 0 Å². The highest BCUT2D eigenvalue weighted by Gasteiger charge is 2.12. The van der Waals surface area contributed by atoms with Crippen molar-refractivity contribution < 1.29 is 9.84 Å². The molecule has 0 heterocycles. The fourth-order valence-electron chi connectivity index (χ4n) is 3.50. The van der Waals surface area contributed by atoms with Gasteiger partial charge in [0.15, 0.2) is 5.75 Å². The van der Waals surface area contributed by atoms with Gasteiger partial charge in [0.25, 0.3) is 0 Å². The Kier molecular flexibility index (Phi) is 13.5. The largest absolute Gasteiger partial charge is 0.508 e. The zero-order chi connectivity index (χ0) is 24.6. The first kappa shape index (κ1) is 28.2. The van der Waals surface area contributed by atoms with E-state index in [1.165, 1.54) is 24.8 Å². The molecule has 33 heavy (non-hydrogen) atoms. The third-order valence-corrected chi connectivity index (χ3v) is 5.25. The minimum atomic E-state index is 0.157. The molecule has 0 saturated carbocycles. The van der Waals surface area contributed by atoms with Gasteiger partial charge in [0.1, 0.15) is 5.75 Å². The van der Waals surface area contributed by atoms with Gasteiger partial charge < -0.3 is 21.3 Å². The van der Waals surface area contributed by atoms with Gasteiger partial charge >= 0.3 is 0 Å². The van der Waals surface area contributed by atoms with Crippen molar-refractivity contribution in [2.45, 2.75) is 85.7 Å². The number of nitrogens with two attached hydrogens (primary N) is 2. The minimum Gasteiger partial charge on any atom is -0.508 e. The molecule has 3 aromatic carbocycles. The summed E-state index contributed by atoms with van der Waals surface area (Å²) in [5, 5.41) is 10.9. The van der Waals surface area contributed by atoms with Crippen LogP contribution in [0, 0.1) is 0 Å². The van der Waals surface area contributed by atoms with Crippen LogP contribution in [0.4, 0.5) is 11.4 Å². The Hall–Kier alpha value is -2.88. The number of rotatable bonds is 8. The van der Waals surface area contributed by atoms with Crippen molar-refractivity contribution in [1.29, 1.82) is 0 Å². The van der Waals surface area contributed by atoms with Gasteiger partial charge in [0.2, 0.25) is 0 Å². The van der Waals surface area contributed by atoms with E-state index in [1.807, 2.05) is 36.4 Å². The first-order valence-corrected chi connectivity index (χ1v) is 12.4. The lowest BCUT2D eigenvalue weighted by Gasteiger charge is -2.18. The normalized spacial score (nSPS) is 11.1. The molecule has 4 heteroatoms. The number of fused-ring (bicyclic) bond motifs is 1. The highest BCUT2D eigenvalue weighted by atomic mass is 16.5. The molecular weight excluding hydrogens is 408 g/mol. The third kappa shape index (κ3) is 10.1. The number of aromatic hydroxyl groups is 1. The molecule has 3 rings (SSSR count). The zero-order valence-corrected chi connectivity index (χ0v) is 21.2. The van der Waals surface area contributed by atoms with Crippen LogP contribution in [0.25, 0.3) is 10.8 Å². The summed E-state index contributed by atoms with van der Waals surface area (Å²) < 4.78 is 5.97. The average molecular weight is 453 g/mol. The van der Waals surface area contributed by atoms with Crippen molar-refractivity contribution >= 4 is 22.1 Å². The number of phenols is 1. The Bertz CT molecular complexity index is 921. The molecule has 0 radical (unpaired) electrons. The van der Waals surface area contributed by atoms with Crippen molar-refractivity contribution in [2.24, 2.45) is 0 Å². The highest BCUT2D eigenvalue weighted by Crippen LogP contribution is 2.36. The zero-order valence-electron chi connectivity index (χ0n) is 21.2. The van der Waals surface area contributed by atoms with Gasteiger partial charge in [-0.1, -0.05) is 96.2 Å². The quantitative estimate of drug-likeness (QED) is 0.301. The average Bonchev–Trinajstić information content (AvgIpc) is 2.80. The maximum absolute atomic E-state index is 8.92. The van der Waals surface area contributed by atoms with Crippen LogP contribution in [-0.2, 0) is 6.42 Å². The van der Waals surface area contributed by atoms with Crippen LogP contribution in [0.1, 0.15) is 78.7 Å². The summed E-state index contributed by atoms with van der Waals surface area (Å²) in [5.41, 5.74) is 14.6. The van der Waals surface area contributed by atoms with Crippen LogP contribution < -0.4 is 16.2 Å². The van der Waals surface area contributed by atoms with Gasteiger partial charge in [0, 0.05) is 16.5 Å². The molecule has 0 aromatic heterocycles. The minimum absolute atomic E-state index is 0.157. The van der Waals surface area contributed by atoms with Crippen LogP contribution in [-0.4, -0.2) is 11.2 Å². The van der Waals surface area contributed by atoms with Crippen LogP contribution in [0.15, 0.2) is 54.6 Å². The summed E-state index contributed by atoms with van der Waals surface area (Å²) in [5.74, 6) is 1.10. The first-order valence-electron chi connectivity index (χ1n) is 12.4. The molecule has 3 aromatic rings. The molecule has 4 nitrogen and oxygen atoms in total. The molecule has 0 spiro atoms. The molecular formula is C29H44N2O2. The predicted molar refractivity (Wildman–Crippen MR) is 145 cm³/mol. The lowest BCUT2D eigenvalue weighted by atomic mass is 10.1. The predicted octanol–water partition coefficient (Wildman–Crippen LogP) is 8.11. The second kappa shape index (κ2) is 15.8. The summed E-state index contributed by atoms with van der Waals surface area (Å²) in [6.07, 6.45) is 8.59. The molecule has 0 saturated heterocycles. The van der Waals surface area contributed by atoms with E-state index in [4.69, 9.17) is 21.3 Å². The molecule has 5 N–H and O–H groups in total. The van der Waals surface area contributed by atoms with E-state index in [9.17, 15) is 0 Å². The number of ether oxygens (including phenoxy) is 1. The molecule has 0 bridgehead atoms. The third-order valence-electron chi connectivity index (χ3n) is 5.25. The van der Waals surface area contributed by atoms with Crippen LogP contribution in [0.5, 0.6) is 11.5 Å². The highest BCUT2D eigenvalue weighted by molar-refractivity contribution is 6.01. The van der Waals surface area contributed by atoms with Gasteiger partial charge in [-0.3, -0.25) is 0 Å². The molecule has 0 aliphatic rings. The van der Waals surface area contributed by atoms with E-state index in [0.29, 0.717) is 17.1 Å². The van der Waals surface area contributed by atoms with Crippen molar-refractivity contribution in [3.8, 4) is 11.5 Å². The maximum Gasteiger partial charge on any atom is 0.150 e. The SMILES string of the molecule is CCCC(C)Oc1c(N)cc(N)c2ccccc12.CCCCC.CCCc1ccc(O)cc1. The fourth-order valence-corrected chi connectivity index (χ4v) is 3.50. The Balaban J connectivity index is 0.000000304. The van der Waals surface area contributed by atoms with Crippen molar-refractivity contribution in [1.82, 2.24) is 0 Å². The molecule has 0 amide bonds. The Labute approximate surface area is 201 Å². The Morgan fingerprint density at radius 3 is 1.91 bits per heavy atom. The monoisotopic (exact) mass is 452 g/mol. The summed E-state index contributed by atoms with van der Waals surface area (Å²) >= 11 is 0.